The highest BCUT2D eigenvalue weighted by molar-refractivity contribution is 8.00. The fourth-order valence-electron chi connectivity index (χ4n) is 1.54. The van der Waals surface area contributed by atoms with Gasteiger partial charge in [-0.15, -0.1) is 10.2 Å². The Morgan fingerprint density at radius 2 is 2.16 bits per heavy atom. The van der Waals surface area contributed by atoms with E-state index in [9.17, 15) is 4.79 Å². The summed E-state index contributed by atoms with van der Waals surface area (Å²) in [5.74, 6) is 1.13. The van der Waals surface area contributed by atoms with E-state index in [0.717, 1.165) is 11.3 Å². The number of carbonyl (C=O) groups is 1. The van der Waals surface area contributed by atoms with Gasteiger partial charge in [0.15, 0.2) is 0 Å². The van der Waals surface area contributed by atoms with E-state index < -0.39 is 0 Å². The predicted molar refractivity (Wildman–Crippen MR) is 70.8 cm³/mol. The van der Waals surface area contributed by atoms with Gasteiger partial charge in [-0.05, 0) is 19.9 Å². The van der Waals surface area contributed by atoms with Crippen molar-refractivity contribution in [2.75, 3.05) is 14.1 Å². The Labute approximate surface area is 115 Å². The van der Waals surface area contributed by atoms with Crippen LogP contribution in [-0.4, -0.2) is 40.3 Å². The number of nitrogens with zero attached hydrogens (tertiary/aromatic N) is 3. The fourth-order valence-corrected chi connectivity index (χ4v) is 2.37. The molecule has 0 aliphatic rings. The van der Waals surface area contributed by atoms with E-state index >= 15 is 0 Å². The second-order valence-electron chi connectivity index (χ2n) is 4.26. The smallest absolute Gasteiger partial charge is 0.277 e. The van der Waals surface area contributed by atoms with E-state index in [1.54, 1.807) is 33.3 Å². The molecule has 2 rings (SSSR count). The highest BCUT2D eigenvalue weighted by Crippen LogP contribution is 2.28. The number of amides is 1. The Hall–Kier alpha value is -1.76. The lowest BCUT2D eigenvalue weighted by atomic mass is 10.3. The summed E-state index contributed by atoms with van der Waals surface area (Å²) in [5.41, 5.74) is 0.769. The first kappa shape index (κ1) is 13.7. The van der Waals surface area contributed by atoms with E-state index in [0.29, 0.717) is 11.1 Å². The number of aromatic nitrogens is 2. The van der Waals surface area contributed by atoms with Crippen molar-refractivity contribution in [2.24, 2.45) is 0 Å². The van der Waals surface area contributed by atoms with Gasteiger partial charge in [0.1, 0.15) is 5.76 Å². The standard InChI is InChI=1S/C12H15N3O3S/c1-7-9(5-6-17-7)10-13-14-12(18-10)19-8(2)11(16)15(3)4/h5-6,8H,1-4H3/t8-/m0/s1. The van der Waals surface area contributed by atoms with Gasteiger partial charge >= 0.3 is 0 Å². The molecule has 0 bridgehead atoms. The molecule has 1 amide bonds. The minimum atomic E-state index is -0.270. The number of hydrogen-bond donors (Lipinski definition) is 0. The van der Waals surface area contributed by atoms with Crippen LogP contribution < -0.4 is 0 Å². The van der Waals surface area contributed by atoms with Crippen molar-refractivity contribution in [1.82, 2.24) is 15.1 Å². The van der Waals surface area contributed by atoms with Gasteiger partial charge < -0.3 is 13.7 Å². The molecule has 0 aliphatic heterocycles. The SMILES string of the molecule is Cc1occc1-c1nnc(S[C@@H](C)C(=O)N(C)C)o1. The Morgan fingerprint density at radius 3 is 2.74 bits per heavy atom. The van der Waals surface area contributed by atoms with Crippen molar-refractivity contribution in [2.45, 2.75) is 24.3 Å². The van der Waals surface area contributed by atoms with Gasteiger partial charge in [0.2, 0.25) is 5.91 Å². The molecule has 0 spiro atoms. The number of furan rings is 1. The van der Waals surface area contributed by atoms with Gasteiger partial charge in [0.05, 0.1) is 17.1 Å². The Bertz CT molecular complexity index is 576. The van der Waals surface area contributed by atoms with Crippen LogP contribution in [0.3, 0.4) is 0 Å². The summed E-state index contributed by atoms with van der Waals surface area (Å²) in [6.07, 6.45) is 1.57. The summed E-state index contributed by atoms with van der Waals surface area (Å²) < 4.78 is 10.7. The van der Waals surface area contributed by atoms with Crippen LogP contribution in [0.5, 0.6) is 0 Å². The molecule has 6 nitrogen and oxygen atoms in total. The molecule has 0 fully saturated rings. The van der Waals surface area contributed by atoms with Crippen LogP contribution in [0.15, 0.2) is 26.4 Å². The zero-order valence-corrected chi connectivity index (χ0v) is 12.0. The second-order valence-corrected chi connectivity index (χ2v) is 5.55. The van der Waals surface area contributed by atoms with Crippen LogP contribution in [0.2, 0.25) is 0 Å². The molecule has 0 N–H and O–H groups in total. The van der Waals surface area contributed by atoms with E-state index in [-0.39, 0.29) is 11.2 Å². The molecule has 2 heterocycles. The molecule has 0 radical (unpaired) electrons. The molecule has 0 aliphatic carbocycles. The molecule has 7 heteroatoms. The first-order valence-corrected chi connectivity index (χ1v) is 6.62. The fraction of sp³-hybridized carbons (Fsp3) is 0.417. The number of thioether (sulfide) groups is 1. The number of carbonyl (C=O) groups excluding carboxylic acids is 1. The quantitative estimate of drug-likeness (QED) is 0.800. The maximum absolute atomic E-state index is 11.7. The van der Waals surface area contributed by atoms with Gasteiger partial charge in [-0.3, -0.25) is 4.79 Å². The largest absolute Gasteiger partial charge is 0.469 e. The van der Waals surface area contributed by atoms with Gasteiger partial charge in [-0.25, -0.2) is 0 Å². The highest BCUT2D eigenvalue weighted by atomic mass is 32.2. The van der Waals surface area contributed by atoms with Crippen molar-refractivity contribution in [3.05, 3.63) is 18.1 Å². The van der Waals surface area contributed by atoms with E-state index in [1.165, 1.54) is 16.7 Å². The van der Waals surface area contributed by atoms with Gasteiger partial charge in [0.25, 0.3) is 11.1 Å². The maximum Gasteiger partial charge on any atom is 0.277 e. The molecular weight excluding hydrogens is 266 g/mol. The molecule has 2 aromatic heterocycles. The van der Waals surface area contributed by atoms with Gasteiger partial charge in [-0.1, -0.05) is 11.8 Å². The first-order chi connectivity index (χ1) is 8.99. The zero-order valence-electron chi connectivity index (χ0n) is 11.2. The van der Waals surface area contributed by atoms with Crippen LogP contribution in [0.4, 0.5) is 0 Å². The Balaban J connectivity index is 2.10. The first-order valence-electron chi connectivity index (χ1n) is 5.75. The van der Waals surface area contributed by atoms with Crippen LogP contribution >= 0.6 is 11.8 Å². The van der Waals surface area contributed by atoms with E-state index in [4.69, 9.17) is 8.83 Å². The summed E-state index contributed by atoms with van der Waals surface area (Å²) in [6.45, 7) is 3.63. The van der Waals surface area contributed by atoms with Crippen LogP contribution in [0.25, 0.3) is 11.5 Å². The van der Waals surface area contributed by atoms with Crippen molar-refractivity contribution >= 4 is 17.7 Å². The van der Waals surface area contributed by atoms with Crippen molar-refractivity contribution in [3.63, 3.8) is 0 Å². The lowest BCUT2D eigenvalue weighted by Gasteiger charge is -2.14. The summed E-state index contributed by atoms with van der Waals surface area (Å²) in [7, 11) is 3.43. The van der Waals surface area contributed by atoms with Crippen molar-refractivity contribution in [1.29, 1.82) is 0 Å². The summed E-state index contributed by atoms with van der Waals surface area (Å²) in [4.78, 5) is 13.3. The molecule has 0 saturated carbocycles. The highest BCUT2D eigenvalue weighted by Gasteiger charge is 2.20. The van der Waals surface area contributed by atoms with Crippen molar-refractivity contribution < 1.29 is 13.6 Å². The lowest BCUT2D eigenvalue weighted by Crippen LogP contribution is -2.29. The van der Waals surface area contributed by atoms with Gasteiger partial charge in [0, 0.05) is 14.1 Å². The number of rotatable bonds is 4. The Kier molecular flexibility index (Phi) is 3.94. The average molecular weight is 281 g/mol. The number of hydrogen-bond acceptors (Lipinski definition) is 6. The topological polar surface area (TPSA) is 72.4 Å². The third kappa shape index (κ3) is 2.98. The normalized spacial score (nSPS) is 12.4. The third-order valence-corrected chi connectivity index (χ3v) is 3.48. The second kappa shape index (κ2) is 5.48. The average Bonchev–Trinajstić information content (AvgIpc) is 2.96. The molecule has 19 heavy (non-hydrogen) atoms. The molecule has 0 unspecified atom stereocenters. The monoisotopic (exact) mass is 281 g/mol. The van der Waals surface area contributed by atoms with Crippen LogP contribution in [0.1, 0.15) is 12.7 Å². The molecule has 102 valence electrons. The molecule has 2 aromatic rings. The number of aryl methyl sites for hydroxylation is 1. The predicted octanol–water partition coefficient (Wildman–Crippen LogP) is 2.21. The minimum absolute atomic E-state index is 0.00393. The molecule has 1 atom stereocenters. The van der Waals surface area contributed by atoms with E-state index in [2.05, 4.69) is 10.2 Å². The lowest BCUT2D eigenvalue weighted by molar-refractivity contribution is -0.127. The van der Waals surface area contributed by atoms with Gasteiger partial charge in [-0.2, -0.15) is 0 Å². The maximum atomic E-state index is 11.7. The zero-order chi connectivity index (χ0) is 14.0. The van der Waals surface area contributed by atoms with Crippen LogP contribution in [0, 0.1) is 6.92 Å². The minimum Gasteiger partial charge on any atom is -0.469 e. The Morgan fingerprint density at radius 1 is 1.42 bits per heavy atom. The van der Waals surface area contributed by atoms with Crippen LogP contribution in [-0.2, 0) is 4.79 Å². The summed E-state index contributed by atoms with van der Waals surface area (Å²) in [6, 6.07) is 1.77. The molecular formula is C12H15N3O3S. The van der Waals surface area contributed by atoms with E-state index in [1.807, 2.05) is 6.92 Å². The summed E-state index contributed by atoms with van der Waals surface area (Å²) >= 11 is 1.24. The molecule has 0 aromatic carbocycles. The third-order valence-electron chi connectivity index (χ3n) is 2.56. The summed E-state index contributed by atoms with van der Waals surface area (Å²) in [5, 5.41) is 7.99. The van der Waals surface area contributed by atoms with Crippen molar-refractivity contribution in [3.8, 4) is 11.5 Å². The molecule has 0 saturated heterocycles.